The van der Waals surface area contributed by atoms with Gasteiger partial charge in [-0.25, -0.2) is 0 Å². The molecule has 0 amide bonds. The molecule has 1 rings (SSSR count). The minimum Gasteiger partial charge on any atom is -0.494 e. The fourth-order valence-corrected chi connectivity index (χ4v) is 1.13. The van der Waals surface area contributed by atoms with E-state index in [4.69, 9.17) is 4.74 Å². The number of benzene rings is 1. The van der Waals surface area contributed by atoms with Gasteiger partial charge in [0.1, 0.15) is 5.75 Å². The van der Waals surface area contributed by atoms with Gasteiger partial charge in [-0.2, -0.15) is 0 Å². The summed E-state index contributed by atoms with van der Waals surface area (Å²) in [5, 5.41) is 1.41. The summed E-state index contributed by atoms with van der Waals surface area (Å²) in [5.41, 5.74) is 0. The summed E-state index contributed by atoms with van der Waals surface area (Å²) < 4.78 is 5.28. The van der Waals surface area contributed by atoms with Crippen LogP contribution in [0.3, 0.4) is 0 Å². The molecule has 0 bridgehead atoms. The molecule has 10 heavy (non-hydrogen) atoms. The maximum atomic E-state index is 5.28. The molecule has 1 aromatic rings. The van der Waals surface area contributed by atoms with Crippen molar-refractivity contribution in [1.29, 1.82) is 0 Å². The Morgan fingerprint density at radius 2 is 1.90 bits per heavy atom. The second-order valence-corrected chi connectivity index (χ2v) is 3.40. The van der Waals surface area contributed by atoms with Crippen LogP contribution < -0.4 is 9.92 Å². The average molecular weight is 152 g/mol. The van der Waals surface area contributed by atoms with Crippen molar-refractivity contribution in [3.8, 4) is 5.75 Å². The number of hydrogen-bond donors (Lipinski definition) is 0. The molecule has 1 aromatic carbocycles. The van der Waals surface area contributed by atoms with Gasteiger partial charge in [-0.1, -0.05) is 17.3 Å². The summed E-state index contributed by atoms with van der Waals surface area (Å²) in [4.78, 5) is 0. The van der Waals surface area contributed by atoms with Crippen molar-refractivity contribution in [2.24, 2.45) is 0 Å². The highest BCUT2D eigenvalue weighted by molar-refractivity contribution is 6.32. The van der Waals surface area contributed by atoms with Gasteiger partial charge in [0.2, 0.25) is 0 Å². The van der Waals surface area contributed by atoms with E-state index in [1.54, 1.807) is 0 Å². The summed E-state index contributed by atoms with van der Waals surface area (Å²) in [6.07, 6.45) is 0. The first-order valence-corrected chi connectivity index (χ1v) is 4.52. The van der Waals surface area contributed by atoms with Gasteiger partial charge in [-0.3, -0.25) is 0 Å². The molecule has 0 aromatic heterocycles. The predicted octanol–water partition coefficient (Wildman–Crippen LogP) is 0.0760. The van der Waals surface area contributed by atoms with Crippen molar-refractivity contribution < 1.29 is 4.74 Å². The van der Waals surface area contributed by atoms with E-state index in [0.29, 0.717) is 0 Å². The van der Waals surface area contributed by atoms with Gasteiger partial charge in [0, 0.05) is 10.2 Å². The predicted molar refractivity (Wildman–Crippen MR) is 47.2 cm³/mol. The van der Waals surface area contributed by atoms with E-state index in [-0.39, 0.29) is 0 Å². The van der Waals surface area contributed by atoms with Crippen LogP contribution in [0.15, 0.2) is 24.3 Å². The zero-order valence-corrected chi connectivity index (χ0v) is 8.42. The maximum Gasteiger partial charge on any atom is 0.119 e. The lowest BCUT2D eigenvalue weighted by molar-refractivity contribution is 0.340. The maximum absolute atomic E-state index is 5.28. The molecule has 0 unspecified atom stereocenters. The highest BCUT2D eigenvalue weighted by atomic mass is 28.1. The van der Waals surface area contributed by atoms with Crippen LogP contribution in [0, 0.1) is 0 Å². The highest BCUT2D eigenvalue weighted by Gasteiger charge is 1.87. The smallest absolute Gasteiger partial charge is 0.119 e. The van der Waals surface area contributed by atoms with Gasteiger partial charge in [-0.05, 0) is 19.1 Å². The van der Waals surface area contributed by atoms with Crippen LogP contribution in [0.2, 0.25) is 0 Å². The van der Waals surface area contributed by atoms with Crippen molar-refractivity contribution in [2.75, 3.05) is 6.61 Å². The van der Waals surface area contributed by atoms with Crippen molar-refractivity contribution in [1.82, 2.24) is 0 Å². The number of rotatable bonds is 2. The van der Waals surface area contributed by atoms with Crippen molar-refractivity contribution in [3.63, 3.8) is 0 Å². The van der Waals surface area contributed by atoms with Gasteiger partial charge >= 0.3 is 0 Å². The topological polar surface area (TPSA) is 9.23 Å². The van der Waals surface area contributed by atoms with Crippen LogP contribution in [-0.2, 0) is 0 Å². The molecule has 0 heterocycles. The second kappa shape index (κ2) is 3.42. The summed E-state index contributed by atoms with van der Waals surface area (Å²) in [6, 6.07) is 8.26. The quantitative estimate of drug-likeness (QED) is 0.545. The molecule has 0 saturated carbocycles. The van der Waals surface area contributed by atoms with E-state index in [9.17, 15) is 0 Å². The minimum absolute atomic E-state index is 0.750. The van der Waals surface area contributed by atoms with E-state index in [0.717, 1.165) is 22.6 Å². The van der Waals surface area contributed by atoms with E-state index >= 15 is 0 Å². The largest absolute Gasteiger partial charge is 0.494 e. The Morgan fingerprint density at radius 3 is 2.40 bits per heavy atom. The molecule has 0 aliphatic carbocycles. The summed E-state index contributed by atoms with van der Waals surface area (Å²) >= 11 is 0. The number of hydrogen-bond acceptors (Lipinski definition) is 1. The van der Waals surface area contributed by atoms with E-state index in [2.05, 4.69) is 12.1 Å². The van der Waals surface area contributed by atoms with Crippen LogP contribution in [0.4, 0.5) is 0 Å². The molecule has 0 atom stereocenters. The third-order valence-electron chi connectivity index (χ3n) is 1.33. The molecule has 0 saturated heterocycles. The molecule has 2 heteroatoms. The van der Waals surface area contributed by atoms with Crippen molar-refractivity contribution >= 4 is 15.4 Å². The first kappa shape index (κ1) is 7.35. The van der Waals surface area contributed by atoms with Crippen LogP contribution >= 0.6 is 0 Å². The Labute approximate surface area is 64.4 Å². The lowest BCUT2D eigenvalue weighted by atomic mass is 10.3. The SMILES string of the molecule is CCOc1ccc([SiH3])cc1. The second-order valence-electron chi connectivity index (χ2n) is 2.25. The van der Waals surface area contributed by atoms with Gasteiger partial charge in [0.25, 0.3) is 0 Å². The molecule has 0 aliphatic rings. The third-order valence-corrected chi connectivity index (χ3v) is 2.00. The Morgan fingerprint density at radius 1 is 1.30 bits per heavy atom. The fourth-order valence-electron chi connectivity index (χ4n) is 0.801. The zero-order valence-electron chi connectivity index (χ0n) is 6.42. The molecule has 0 N–H and O–H groups in total. The Bertz CT molecular complexity index is 193. The van der Waals surface area contributed by atoms with Crippen molar-refractivity contribution in [3.05, 3.63) is 24.3 Å². The highest BCUT2D eigenvalue weighted by Crippen LogP contribution is 2.05. The molecule has 0 aliphatic heterocycles. The van der Waals surface area contributed by atoms with Gasteiger partial charge in [0.05, 0.1) is 6.61 Å². The van der Waals surface area contributed by atoms with E-state index < -0.39 is 0 Å². The Balaban J connectivity index is 2.69. The Hall–Kier alpha value is -0.763. The summed E-state index contributed by atoms with van der Waals surface area (Å²) in [6.45, 7) is 2.75. The third kappa shape index (κ3) is 1.88. The first-order chi connectivity index (χ1) is 4.83. The fraction of sp³-hybridized carbons (Fsp3) is 0.250. The molecule has 0 fully saturated rings. The standard InChI is InChI=1S/C8H12OSi/c1-2-9-7-3-5-8(10)6-4-7/h3-6H,2H2,1,10H3. The lowest BCUT2D eigenvalue weighted by Crippen LogP contribution is -2.00. The van der Waals surface area contributed by atoms with Crippen molar-refractivity contribution in [2.45, 2.75) is 6.92 Å². The van der Waals surface area contributed by atoms with E-state index in [1.807, 2.05) is 19.1 Å². The molecular formula is C8H12OSi. The minimum atomic E-state index is 0.750. The molecule has 0 radical (unpaired) electrons. The average Bonchev–Trinajstić information content (AvgIpc) is 1.95. The normalized spacial score (nSPS) is 9.70. The summed E-state index contributed by atoms with van der Waals surface area (Å²) in [7, 11) is 1.12. The molecule has 1 nitrogen and oxygen atoms in total. The molecule has 54 valence electrons. The number of ether oxygens (including phenoxy) is 1. The molecule has 0 spiro atoms. The van der Waals surface area contributed by atoms with E-state index in [1.165, 1.54) is 5.19 Å². The first-order valence-electron chi connectivity index (χ1n) is 3.52. The van der Waals surface area contributed by atoms with Crippen LogP contribution in [0.1, 0.15) is 6.92 Å². The van der Waals surface area contributed by atoms with Crippen LogP contribution in [0.25, 0.3) is 0 Å². The zero-order chi connectivity index (χ0) is 7.40. The Kier molecular flexibility index (Phi) is 2.51. The molecular weight excluding hydrogens is 140 g/mol. The van der Waals surface area contributed by atoms with Crippen LogP contribution in [-0.4, -0.2) is 16.8 Å². The monoisotopic (exact) mass is 152 g/mol. The van der Waals surface area contributed by atoms with Crippen LogP contribution in [0.5, 0.6) is 5.75 Å². The van der Waals surface area contributed by atoms with Gasteiger partial charge < -0.3 is 4.74 Å². The summed E-state index contributed by atoms with van der Waals surface area (Å²) in [5.74, 6) is 0.974. The van der Waals surface area contributed by atoms with Gasteiger partial charge in [0.15, 0.2) is 0 Å². The lowest BCUT2D eigenvalue weighted by Gasteiger charge is -2.01. The van der Waals surface area contributed by atoms with Gasteiger partial charge in [-0.15, -0.1) is 0 Å².